The summed E-state index contributed by atoms with van der Waals surface area (Å²) in [5.41, 5.74) is 5.91. The summed E-state index contributed by atoms with van der Waals surface area (Å²) < 4.78 is 10.2. The third kappa shape index (κ3) is 3.28. The molecule has 15 heavy (non-hydrogen) atoms. The van der Waals surface area contributed by atoms with Crippen LogP contribution < -0.4 is 5.73 Å². The number of hydrogen-bond acceptors (Lipinski definition) is 5. The van der Waals surface area contributed by atoms with Crippen LogP contribution in [-0.2, 0) is 4.74 Å². The third-order valence-corrected chi connectivity index (χ3v) is 2.22. The Labute approximate surface area is 90.0 Å². The van der Waals surface area contributed by atoms with Crippen molar-refractivity contribution in [2.24, 2.45) is 11.7 Å². The van der Waals surface area contributed by atoms with Crippen molar-refractivity contribution in [1.82, 2.24) is 10.1 Å². The van der Waals surface area contributed by atoms with Crippen LogP contribution in [0.5, 0.6) is 0 Å². The zero-order chi connectivity index (χ0) is 11.4. The van der Waals surface area contributed by atoms with Crippen molar-refractivity contribution in [3.8, 4) is 0 Å². The Kier molecular flexibility index (Phi) is 4.23. The molecule has 1 aromatic rings. The molecule has 1 unspecified atom stereocenters. The van der Waals surface area contributed by atoms with E-state index >= 15 is 0 Å². The molecule has 0 aromatic carbocycles. The molecule has 5 nitrogen and oxygen atoms in total. The van der Waals surface area contributed by atoms with Crippen molar-refractivity contribution in [3.63, 3.8) is 0 Å². The van der Waals surface area contributed by atoms with Crippen LogP contribution in [0.1, 0.15) is 51.1 Å². The van der Waals surface area contributed by atoms with Crippen LogP contribution in [0.25, 0.3) is 0 Å². The van der Waals surface area contributed by atoms with E-state index in [0.717, 1.165) is 6.42 Å². The fourth-order valence-electron chi connectivity index (χ4n) is 1.28. The molecule has 0 aliphatic carbocycles. The fourth-order valence-corrected chi connectivity index (χ4v) is 1.28. The highest BCUT2D eigenvalue weighted by molar-refractivity contribution is 4.94. The van der Waals surface area contributed by atoms with Crippen LogP contribution in [0.4, 0.5) is 0 Å². The second kappa shape index (κ2) is 5.23. The van der Waals surface area contributed by atoms with E-state index in [4.69, 9.17) is 15.0 Å². The standard InChI is InChI=1S/C10H19N3O2/c1-6(2)5-8(11)10-12-9(13-15-10)7(3)14-4/h6-8H,5,11H2,1-4H3/t7?,8-/m0/s1. The van der Waals surface area contributed by atoms with Crippen LogP contribution in [0.3, 0.4) is 0 Å². The van der Waals surface area contributed by atoms with Crippen molar-refractivity contribution in [1.29, 1.82) is 0 Å². The molecule has 0 aliphatic rings. The van der Waals surface area contributed by atoms with Gasteiger partial charge in [0, 0.05) is 7.11 Å². The smallest absolute Gasteiger partial charge is 0.243 e. The Morgan fingerprint density at radius 1 is 1.40 bits per heavy atom. The Morgan fingerprint density at radius 2 is 2.07 bits per heavy atom. The fraction of sp³-hybridized carbons (Fsp3) is 0.800. The number of methoxy groups -OCH3 is 1. The van der Waals surface area contributed by atoms with Gasteiger partial charge in [-0.2, -0.15) is 4.98 Å². The van der Waals surface area contributed by atoms with Crippen molar-refractivity contribution in [3.05, 3.63) is 11.7 Å². The second-order valence-corrected chi connectivity index (χ2v) is 4.10. The minimum atomic E-state index is -0.185. The van der Waals surface area contributed by atoms with Gasteiger partial charge in [-0.1, -0.05) is 19.0 Å². The average molecular weight is 213 g/mol. The second-order valence-electron chi connectivity index (χ2n) is 4.10. The average Bonchev–Trinajstić information content (AvgIpc) is 2.64. The van der Waals surface area contributed by atoms with Crippen LogP contribution in [0.15, 0.2) is 4.52 Å². The van der Waals surface area contributed by atoms with E-state index in [1.165, 1.54) is 0 Å². The number of ether oxygens (including phenoxy) is 1. The normalized spacial score (nSPS) is 15.6. The van der Waals surface area contributed by atoms with Crippen molar-refractivity contribution >= 4 is 0 Å². The zero-order valence-electron chi connectivity index (χ0n) is 9.73. The van der Waals surface area contributed by atoms with E-state index in [0.29, 0.717) is 17.6 Å². The highest BCUT2D eigenvalue weighted by Crippen LogP contribution is 2.19. The van der Waals surface area contributed by atoms with Gasteiger partial charge in [-0.3, -0.25) is 0 Å². The summed E-state index contributed by atoms with van der Waals surface area (Å²) in [6.45, 7) is 6.08. The molecule has 2 atom stereocenters. The first-order valence-electron chi connectivity index (χ1n) is 5.16. The topological polar surface area (TPSA) is 74.2 Å². The van der Waals surface area contributed by atoms with Crippen LogP contribution >= 0.6 is 0 Å². The Balaban J connectivity index is 2.66. The highest BCUT2D eigenvalue weighted by Gasteiger charge is 2.18. The quantitative estimate of drug-likeness (QED) is 0.807. The van der Waals surface area contributed by atoms with Gasteiger partial charge in [0.1, 0.15) is 6.10 Å². The molecule has 1 heterocycles. The molecule has 0 fully saturated rings. The summed E-state index contributed by atoms with van der Waals surface area (Å²) >= 11 is 0. The van der Waals surface area contributed by atoms with Gasteiger partial charge in [0.05, 0.1) is 6.04 Å². The SMILES string of the molecule is COC(C)c1noc([C@@H](N)CC(C)C)n1. The van der Waals surface area contributed by atoms with Gasteiger partial charge < -0.3 is 15.0 Å². The molecule has 1 rings (SSSR count). The largest absolute Gasteiger partial charge is 0.374 e. The number of rotatable bonds is 5. The van der Waals surface area contributed by atoms with Crippen molar-refractivity contribution < 1.29 is 9.26 Å². The first-order chi connectivity index (χ1) is 7.04. The summed E-state index contributed by atoms with van der Waals surface area (Å²) in [5, 5.41) is 3.82. The van der Waals surface area contributed by atoms with Gasteiger partial charge in [-0.15, -0.1) is 0 Å². The first-order valence-corrected chi connectivity index (χ1v) is 5.16. The molecule has 0 radical (unpaired) electrons. The maximum Gasteiger partial charge on any atom is 0.243 e. The Morgan fingerprint density at radius 3 is 2.60 bits per heavy atom. The van der Waals surface area contributed by atoms with Gasteiger partial charge in [0.25, 0.3) is 0 Å². The predicted octanol–water partition coefficient (Wildman–Crippen LogP) is 1.82. The number of nitrogens with two attached hydrogens (primary N) is 1. The van der Waals surface area contributed by atoms with Crippen LogP contribution in [0, 0.1) is 5.92 Å². The maximum atomic E-state index is 5.91. The zero-order valence-corrected chi connectivity index (χ0v) is 9.73. The number of nitrogens with zero attached hydrogens (tertiary/aromatic N) is 2. The van der Waals surface area contributed by atoms with E-state index in [9.17, 15) is 0 Å². The molecule has 1 aromatic heterocycles. The van der Waals surface area contributed by atoms with E-state index in [1.54, 1.807) is 7.11 Å². The van der Waals surface area contributed by atoms with Gasteiger partial charge in [0.15, 0.2) is 5.82 Å². The molecular formula is C10H19N3O2. The number of aromatic nitrogens is 2. The van der Waals surface area contributed by atoms with E-state index < -0.39 is 0 Å². The third-order valence-electron chi connectivity index (χ3n) is 2.22. The molecule has 0 saturated heterocycles. The summed E-state index contributed by atoms with van der Waals surface area (Å²) in [6, 6.07) is -0.185. The lowest BCUT2D eigenvalue weighted by molar-refractivity contribution is 0.109. The van der Waals surface area contributed by atoms with Crippen molar-refractivity contribution in [2.75, 3.05) is 7.11 Å². The number of hydrogen-bond donors (Lipinski definition) is 1. The first kappa shape index (κ1) is 12.1. The summed E-state index contributed by atoms with van der Waals surface area (Å²) in [6.07, 6.45) is 0.678. The monoisotopic (exact) mass is 213 g/mol. The van der Waals surface area contributed by atoms with Gasteiger partial charge in [-0.25, -0.2) is 0 Å². The minimum absolute atomic E-state index is 0.159. The molecule has 0 bridgehead atoms. The highest BCUT2D eigenvalue weighted by atomic mass is 16.5. The molecule has 2 N–H and O–H groups in total. The van der Waals surface area contributed by atoms with Gasteiger partial charge in [0.2, 0.25) is 5.89 Å². The van der Waals surface area contributed by atoms with E-state index in [-0.39, 0.29) is 12.1 Å². The summed E-state index contributed by atoms with van der Waals surface area (Å²) in [7, 11) is 1.61. The van der Waals surface area contributed by atoms with E-state index in [1.807, 2.05) is 6.92 Å². The van der Waals surface area contributed by atoms with Crippen LogP contribution in [-0.4, -0.2) is 17.3 Å². The summed E-state index contributed by atoms with van der Waals surface area (Å²) in [5.74, 6) is 1.55. The summed E-state index contributed by atoms with van der Waals surface area (Å²) in [4.78, 5) is 4.21. The molecule has 0 amide bonds. The Hall–Kier alpha value is -0.940. The Bertz CT molecular complexity index is 299. The lowest BCUT2D eigenvalue weighted by Crippen LogP contribution is -2.13. The lowest BCUT2D eigenvalue weighted by atomic mass is 10.0. The molecular weight excluding hydrogens is 194 g/mol. The minimum Gasteiger partial charge on any atom is -0.374 e. The predicted molar refractivity (Wildman–Crippen MR) is 56.1 cm³/mol. The van der Waals surface area contributed by atoms with E-state index in [2.05, 4.69) is 24.0 Å². The molecule has 0 aliphatic heterocycles. The van der Waals surface area contributed by atoms with Gasteiger partial charge >= 0.3 is 0 Å². The van der Waals surface area contributed by atoms with Crippen LogP contribution in [0.2, 0.25) is 0 Å². The molecule has 0 spiro atoms. The lowest BCUT2D eigenvalue weighted by Gasteiger charge is -2.08. The maximum absolute atomic E-state index is 5.91. The molecule has 0 saturated carbocycles. The van der Waals surface area contributed by atoms with Crippen molar-refractivity contribution in [2.45, 2.75) is 39.3 Å². The molecule has 5 heteroatoms. The van der Waals surface area contributed by atoms with Gasteiger partial charge in [-0.05, 0) is 19.3 Å². The molecule has 86 valence electrons.